The zero-order chi connectivity index (χ0) is 20.5. The molecule has 1 saturated heterocycles. The Bertz CT molecular complexity index is 1160. The third-order valence-electron chi connectivity index (χ3n) is 5.02. The van der Waals surface area contributed by atoms with E-state index in [1.165, 1.54) is 6.07 Å². The fourth-order valence-corrected chi connectivity index (χ4v) is 3.43. The molecule has 29 heavy (non-hydrogen) atoms. The number of carbonyl (C=O) groups excluding carboxylic acids is 2. The van der Waals surface area contributed by atoms with Crippen LogP contribution in [0.2, 0.25) is 0 Å². The van der Waals surface area contributed by atoms with Crippen LogP contribution in [0.1, 0.15) is 24.0 Å². The molecular weight excluding hydrogens is 371 g/mol. The molecule has 5 N–H and O–H groups in total. The molecule has 146 valence electrons. The standard InChI is InChI=1S/C22H19FN4O2/c23-16-11-17(24)15(10-19(16)27-22(29)18-7-8-20(28)26-18)21(25)14-6-5-12-3-1-2-4-13(12)9-14/h1-6,9-11,18,25H,7-8,24H2,(H,26,28)(H,27,29)/t18-/m1/s1. The van der Waals surface area contributed by atoms with Crippen molar-refractivity contribution in [2.45, 2.75) is 18.9 Å². The first-order valence-corrected chi connectivity index (χ1v) is 9.20. The number of nitrogens with one attached hydrogen (secondary N) is 3. The predicted molar refractivity (Wildman–Crippen MR) is 110 cm³/mol. The summed E-state index contributed by atoms with van der Waals surface area (Å²) in [7, 11) is 0. The van der Waals surface area contributed by atoms with E-state index in [9.17, 15) is 14.0 Å². The minimum atomic E-state index is -0.699. The molecule has 1 heterocycles. The average Bonchev–Trinajstić information content (AvgIpc) is 3.15. The normalized spacial score (nSPS) is 15.9. The summed E-state index contributed by atoms with van der Waals surface area (Å²) in [6, 6.07) is 15.1. The summed E-state index contributed by atoms with van der Waals surface area (Å²) in [6.45, 7) is 0. The van der Waals surface area contributed by atoms with Crippen molar-refractivity contribution >= 4 is 39.7 Å². The van der Waals surface area contributed by atoms with Crippen LogP contribution in [-0.4, -0.2) is 23.6 Å². The number of nitrogens with two attached hydrogens (primary N) is 1. The van der Waals surface area contributed by atoms with E-state index in [0.29, 0.717) is 17.5 Å². The van der Waals surface area contributed by atoms with Gasteiger partial charge >= 0.3 is 0 Å². The van der Waals surface area contributed by atoms with Crippen LogP contribution in [0.25, 0.3) is 10.8 Å². The number of halogens is 1. The van der Waals surface area contributed by atoms with Crippen molar-refractivity contribution in [1.29, 1.82) is 5.41 Å². The zero-order valence-corrected chi connectivity index (χ0v) is 15.5. The van der Waals surface area contributed by atoms with Crippen LogP contribution in [-0.2, 0) is 9.59 Å². The number of fused-ring (bicyclic) bond motifs is 1. The van der Waals surface area contributed by atoms with Crippen molar-refractivity contribution in [1.82, 2.24) is 5.32 Å². The van der Waals surface area contributed by atoms with Gasteiger partial charge in [0.25, 0.3) is 0 Å². The summed E-state index contributed by atoms with van der Waals surface area (Å²) in [5, 5.41) is 15.6. The number of rotatable bonds is 4. The van der Waals surface area contributed by atoms with Crippen LogP contribution in [0.15, 0.2) is 54.6 Å². The molecule has 0 radical (unpaired) electrons. The lowest BCUT2D eigenvalue weighted by Gasteiger charge is -2.15. The summed E-state index contributed by atoms with van der Waals surface area (Å²) < 4.78 is 14.4. The van der Waals surface area contributed by atoms with Crippen molar-refractivity contribution in [2.75, 3.05) is 11.1 Å². The Balaban J connectivity index is 1.64. The van der Waals surface area contributed by atoms with Gasteiger partial charge in [-0.2, -0.15) is 0 Å². The molecule has 4 rings (SSSR count). The van der Waals surface area contributed by atoms with Crippen LogP contribution >= 0.6 is 0 Å². The highest BCUT2D eigenvalue weighted by atomic mass is 19.1. The van der Waals surface area contributed by atoms with Gasteiger partial charge in [-0.25, -0.2) is 4.39 Å². The van der Waals surface area contributed by atoms with Crippen LogP contribution in [0, 0.1) is 11.2 Å². The highest BCUT2D eigenvalue weighted by Crippen LogP contribution is 2.26. The molecule has 0 bridgehead atoms. The average molecular weight is 390 g/mol. The first-order valence-electron chi connectivity index (χ1n) is 9.20. The van der Waals surface area contributed by atoms with Crippen LogP contribution < -0.4 is 16.4 Å². The Labute approximate surface area is 166 Å². The number of benzene rings is 3. The lowest BCUT2D eigenvalue weighted by atomic mass is 9.97. The van der Waals surface area contributed by atoms with E-state index >= 15 is 0 Å². The quantitative estimate of drug-likeness (QED) is 0.406. The highest BCUT2D eigenvalue weighted by molar-refractivity contribution is 6.15. The molecule has 0 aliphatic carbocycles. The maximum Gasteiger partial charge on any atom is 0.247 e. The summed E-state index contributed by atoms with van der Waals surface area (Å²) in [5.74, 6) is -1.40. The summed E-state index contributed by atoms with van der Waals surface area (Å²) in [4.78, 5) is 23.6. The minimum absolute atomic E-state index is 0.0779. The minimum Gasteiger partial charge on any atom is -0.398 e. The molecule has 7 heteroatoms. The maximum atomic E-state index is 14.4. The Morgan fingerprint density at radius 1 is 1.14 bits per heavy atom. The van der Waals surface area contributed by atoms with Gasteiger partial charge in [0.05, 0.1) is 11.4 Å². The van der Waals surface area contributed by atoms with Gasteiger partial charge in [-0.15, -0.1) is 0 Å². The van der Waals surface area contributed by atoms with Crippen LogP contribution in [0.4, 0.5) is 15.8 Å². The smallest absolute Gasteiger partial charge is 0.247 e. The maximum absolute atomic E-state index is 14.4. The lowest BCUT2D eigenvalue weighted by Crippen LogP contribution is -2.37. The molecule has 1 aliphatic heterocycles. The molecule has 0 spiro atoms. The zero-order valence-electron chi connectivity index (χ0n) is 15.5. The summed E-state index contributed by atoms with van der Waals surface area (Å²) >= 11 is 0. The van der Waals surface area contributed by atoms with Gasteiger partial charge < -0.3 is 16.4 Å². The van der Waals surface area contributed by atoms with Crippen molar-refractivity contribution in [3.63, 3.8) is 0 Å². The molecular formula is C22H19FN4O2. The highest BCUT2D eigenvalue weighted by Gasteiger charge is 2.28. The van der Waals surface area contributed by atoms with E-state index in [1.54, 1.807) is 6.07 Å². The number of nitrogen functional groups attached to an aromatic ring is 1. The fraction of sp³-hybridized carbons (Fsp3) is 0.136. The molecule has 1 fully saturated rings. The molecule has 2 amide bonds. The molecule has 1 atom stereocenters. The Morgan fingerprint density at radius 3 is 2.62 bits per heavy atom. The second-order valence-corrected chi connectivity index (χ2v) is 7.00. The summed E-state index contributed by atoms with van der Waals surface area (Å²) in [6.07, 6.45) is 0.626. The van der Waals surface area contributed by atoms with Gasteiger partial charge in [0, 0.05) is 23.2 Å². The Kier molecular flexibility index (Phi) is 4.72. The van der Waals surface area contributed by atoms with Crippen molar-refractivity contribution in [2.24, 2.45) is 0 Å². The first-order chi connectivity index (χ1) is 13.9. The Morgan fingerprint density at radius 2 is 1.90 bits per heavy atom. The van der Waals surface area contributed by atoms with Gasteiger partial charge in [0.2, 0.25) is 11.8 Å². The lowest BCUT2D eigenvalue weighted by molar-refractivity contribution is -0.122. The van der Waals surface area contributed by atoms with E-state index in [-0.39, 0.29) is 29.4 Å². The first kappa shape index (κ1) is 18.6. The monoisotopic (exact) mass is 390 g/mol. The number of hydrogen-bond acceptors (Lipinski definition) is 4. The van der Waals surface area contributed by atoms with Crippen LogP contribution in [0.3, 0.4) is 0 Å². The molecule has 0 saturated carbocycles. The van der Waals surface area contributed by atoms with Gasteiger partial charge in [0.15, 0.2) is 0 Å². The number of anilines is 2. The third kappa shape index (κ3) is 3.67. The van der Waals surface area contributed by atoms with E-state index in [2.05, 4.69) is 10.6 Å². The fourth-order valence-electron chi connectivity index (χ4n) is 3.43. The SMILES string of the molecule is N=C(c1ccc2ccccc2c1)c1cc(NC(=O)[C@H]2CCC(=O)N2)c(F)cc1N. The second kappa shape index (κ2) is 7.35. The van der Waals surface area contributed by atoms with Crippen LogP contribution in [0.5, 0.6) is 0 Å². The number of amides is 2. The van der Waals surface area contributed by atoms with Crippen molar-refractivity contribution in [3.8, 4) is 0 Å². The van der Waals surface area contributed by atoms with E-state index in [1.807, 2.05) is 36.4 Å². The van der Waals surface area contributed by atoms with Gasteiger partial charge in [-0.05, 0) is 35.4 Å². The molecule has 1 aliphatic rings. The molecule has 6 nitrogen and oxygen atoms in total. The number of carbonyl (C=O) groups is 2. The summed E-state index contributed by atoms with van der Waals surface area (Å²) in [5.41, 5.74) is 7.05. The Hall–Kier alpha value is -3.74. The molecule has 0 unspecified atom stereocenters. The van der Waals surface area contributed by atoms with Crippen molar-refractivity contribution in [3.05, 3.63) is 71.5 Å². The second-order valence-electron chi connectivity index (χ2n) is 7.00. The van der Waals surface area contributed by atoms with Gasteiger partial charge in [0.1, 0.15) is 11.9 Å². The van der Waals surface area contributed by atoms with E-state index < -0.39 is 17.8 Å². The van der Waals surface area contributed by atoms with Gasteiger partial charge in [-0.3, -0.25) is 15.0 Å². The van der Waals surface area contributed by atoms with Gasteiger partial charge in [-0.1, -0.05) is 36.4 Å². The third-order valence-corrected chi connectivity index (χ3v) is 5.02. The topological polar surface area (TPSA) is 108 Å². The molecule has 0 aromatic heterocycles. The largest absolute Gasteiger partial charge is 0.398 e. The molecule has 3 aromatic carbocycles. The number of hydrogen-bond donors (Lipinski definition) is 4. The van der Waals surface area contributed by atoms with E-state index in [0.717, 1.165) is 16.8 Å². The predicted octanol–water partition coefficient (Wildman–Crippen LogP) is 3.19. The molecule has 3 aromatic rings. The van der Waals surface area contributed by atoms with Crippen molar-refractivity contribution < 1.29 is 14.0 Å². The van der Waals surface area contributed by atoms with E-state index in [4.69, 9.17) is 11.1 Å².